The molecule has 2 aliphatic heterocycles. The zero-order valence-electron chi connectivity index (χ0n) is 10.7. The first-order chi connectivity index (χ1) is 7.44. The van der Waals surface area contributed by atoms with Crippen LogP contribution in [0.25, 0.3) is 0 Å². The fourth-order valence-corrected chi connectivity index (χ4v) is 2.57. The van der Waals surface area contributed by atoms with Crippen molar-refractivity contribution in [1.82, 2.24) is 4.90 Å². The molecule has 0 aromatic heterocycles. The van der Waals surface area contributed by atoms with Crippen molar-refractivity contribution >= 4 is 0 Å². The minimum Gasteiger partial charge on any atom is -0.373 e. The summed E-state index contributed by atoms with van der Waals surface area (Å²) in [6, 6.07) is 0. The lowest BCUT2D eigenvalue weighted by Gasteiger charge is -2.36. The maximum Gasteiger partial charge on any atom is 0.163 e. The van der Waals surface area contributed by atoms with Crippen LogP contribution < -0.4 is 0 Å². The molecule has 0 aromatic rings. The minimum atomic E-state index is -0.409. The zero-order chi connectivity index (χ0) is 11.8. The molecule has 2 aliphatic rings. The van der Waals surface area contributed by atoms with Gasteiger partial charge < -0.3 is 14.2 Å². The molecule has 0 spiro atoms. The van der Waals surface area contributed by atoms with Crippen molar-refractivity contribution in [2.24, 2.45) is 0 Å². The van der Waals surface area contributed by atoms with E-state index in [0.717, 1.165) is 19.6 Å². The molecular formula is C12H23NO3. The van der Waals surface area contributed by atoms with Gasteiger partial charge in [0, 0.05) is 19.6 Å². The fourth-order valence-electron chi connectivity index (χ4n) is 2.57. The molecule has 0 N–H and O–H groups in total. The highest BCUT2D eigenvalue weighted by Gasteiger charge is 2.34. The van der Waals surface area contributed by atoms with Gasteiger partial charge in [-0.15, -0.1) is 0 Å². The van der Waals surface area contributed by atoms with E-state index in [4.69, 9.17) is 14.2 Å². The quantitative estimate of drug-likeness (QED) is 0.713. The highest BCUT2D eigenvalue weighted by molar-refractivity contribution is 4.79. The molecule has 94 valence electrons. The van der Waals surface area contributed by atoms with Gasteiger partial charge in [-0.25, -0.2) is 0 Å². The molecular weight excluding hydrogens is 206 g/mol. The van der Waals surface area contributed by atoms with Crippen LogP contribution in [0, 0.1) is 0 Å². The molecule has 3 atom stereocenters. The molecule has 3 unspecified atom stereocenters. The van der Waals surface area contributed by atoms with Gasteiger partial charge in [-0.05, 0) is 27.7 Å². The Morgan fingerprint density at radius 2 is 1.81 bits per heavy atom. The van der Waals surface area contributed by atoms with E-state index >= 15 is 0 Å². The van der Waals surface area contributed by atoms with Crippen molar-refractivity contribution in [1.29, 1.82) is 0 Å². The number of nitrogens with zero attached hydrogens (tertiary/aromatic N) is 1. The van der Waals surface area contributed by atoms with E-state index in [1.165, 1.54) is 0 Å². The second-order valence-corrected chi connectivity index (χ2v) is 5.43. The Balaban J connectivity index is 1.81. The van der Waals surface area contributed by atoms with Gasteiger partial charge >= 0.3 is 0 Å². The summed E-state index contributed by atoms with van der Waals surface area (Å²) in [6.07, 6.45) is 0.839. The lowest BCUT2D eigenvalue weighted by atomic mass is 10.2. The van der Waals surface area contributed by atoms with Crippen molar-refractivity contribution < 1.29 is 14.2 Å². The Labute approximate surface area is 97.8 Å². The van der Waals surface area contributed by atoms with Crippen LogP contribution in [0.3, 0.4) is 0 Å². The van der Waals surface area contributed by atoms with Gasteiger partial charge in [-0.1, -0.05) is 0 Å². The molecule has 0 bridgehead atoms. The van der Waals surface area contributed by atoms with E-state index in [2.05, 4.69) is 18.7 Å². The Morgan fingerprint density at radius 1 is 1.19 bits per heavy atom. The monoisotopic (exact) mass is 229 g/mol. The topological polar surface area (TPSA) is 30.9 Å². The maximum atomic E-state index is 5.82. The van der Waals surface area contributed by atoms with E-state index in [-0.39, 0.29) is 6.10 Å². The Bertz CT molecular complexity index is 234. The molecule has 0 aromatic carbocycles. The SMILES string of the molecule is CC1CN(CC2COC(C)(C)O2)CC(C)O1. The van der Waals surface area contributed by atoms with Crippen LogP contribution in [0.15, 0.2) is 0 Å². The van der Waals surface area contributed by atoms with E-state index in [1.807, 2.05) is 13.8 Å². The van der Waals surface area contributed by atoms with Gasteiger partial charge in [-0.2, -0.15) is 0 Å². The van der Waals surface area contributed by atoms with Crippen LogP contribution in [-0.2, 0) is 14.2 Å². The number of hydrogen-bond donors (Lipinski definition) is 0. The van der Waals surface area contributed by atoms with Crippen molar-refractivity contribution in [3.05, 3.63) is 0 Å². The third-order valence-electron chi connectivity index (χ3n) is 3.02. The van der Waals surface area contributed by atoms with Crippen LogP contribution in [0.5, 0.6) is 0 Å². The molecule has 16 heavy (non-hydrogen) atoms. The summed E-state index contributed by atoms with van der Waals surface area (Å²) in [6.45, 7) is 11.8. The molecule has 2 saturated heterocycles. The first-order valence-corrected chi connectivity index (χ1v) is 6.14. The molecule has 0 aliphatic carbocycles. The molecule has 0 saturated carbocycles. The van der Waals surface area contributed by atoms with E-state index in [1.54, 1.807) is 0 Å². The first kappa shape index (κ1) is 12.3. The summed E-state index contributed by atoms with van der Waals surface area (Å²) in [5.74, 6) is -0.409. The van der Waals surface area contributed by atoms with Gasteiger partial charge in [0.2, 0.25) is 0 Å². The lowest BCUT2D eigenvalue weighted by Crippen LogP contribution is -2.48. The second kappa shape index (κ2) is 4.61. The molecule has 0 radical (unpaired) electrons. The van der Waals surface area contributed by atoms with Gasteiger partial charge in [0.05, 0.1) is 24.9 Å². The van der Waals surface area contributed by atoms with Gasteiger partial charge in [0.25, 0.3) is 0 Å². The van der Waals surface area contributed by atoms with Crippen LogP contribution in [0.2, 0.25) is 0 Å². The Kier molecular flexibility index (Phi) is 3.54. The third kappa shape index (κ3) is 3.17. The fraction of sp³-hybridized carbons (Fsp3) is 1.00. The lowest BCUT2D eigenvalue weighted by molar-refractivity contribution is -0.144. The summed E-state index contributed by atoms with van der Waals surface area (Å²) in [5, 5.41) is 0. The average Bonchev–Trinajstić information content (AvgIpc) is 2.43. The number of rotatable bonds is 2. The molecule has 0 amide bonds. The largest absolute Gasteiger partial charge is 0.373 e. The summed E-state index contributed by atoms with van der Waals surface area (Å²) >= 11 is 0. The zero-order valence-corrected chi connectivity index (χ0v) is 10.7. The highest BCUT2D eigenvalue weighted by Crippen LogP contribution is 2.23. The van der Waals surface area contributed by atoms with Crippen molar-refractivity contribution in [2.45, 2.75) is 51.8 Å². The van der Waals surface area contributed by atoms with Gasteiger partial charge in [0.1, 0.15) is 0 Å². The number of hydrogen-bond acceptors (Lipinski definition) is 4. The van der Waals surface area contributed by atoms with E-state index < -0.39 is 5.79 Å². The van der Waals surface area contributed by atoms with Crippen molar-refractivity contribution in [3.8, 4) is 0 Å². The molecule has 4 nitrogen and oxygen atoms in total. The van der Waals surface area contributed by atoms with Crippen molar-refractivity contribution in [3.63, 3.8) is 0 Å². The van der Waals surface area contributed by atoms with E-state index in [9.17, 15) is 0 Å². The van der Waals surface area contributed by atoms with Crippen LogP contribution >= 0.6 is 0 Å². The normalized spacial score (nSPS) is 40.1. The summed E-state index contributed by atoms with van der Waals surface area (Å²) < 4.78 is 17.1. The van der Waals surface area contributed by atoms with E-state index in [0.29, 0.717) is 18.8 Å². The first-order valence-electron chi connectivity index (χ1n) is 6.14. The maximum absolute atomic E-state index is 5.82. The number of ether oxygens (including phenoxy) is 3. The molecule has 2 fully saturated rings. The average molecular weight is 229 g/mol. The molecule has 2 heterocycles. The molecule has 2 rings (SSSR count). The van der Waals surface area contributed by atoms with Crippen LogP contribution in [-0.4, -0.2) is 55.2 Å². The third-order valence-corrected chi connectivity index (χ3v) is 3.02. The number of morpholine rings is 1. The second-order valence-electron chi connectivity index (χ2n) is 5.43. The standard InChI is InChI=1S/C12H23NO3/c1-9-5-13(6-10(2)15-9)7-11-8-14-12(3,4)16-11/h9-11H,5-8H2,1-4H3. The van der Waals surface area contributed by atoms with Crippen LogP contribution in [0.1, 0.15) is 27.7 Å². The smallest absolute Gasteiger partial charge is 0.163 e. The predicted octanol–water partition coefficient (Wildman–Crippen LogP) is 1.25. The van der Waals surface area contributed by atoms with Gasteiger partial charge in [-0.3, -0.25) is 4.90 Å². The summed E-state index contributed by atoms with van der Waals surface area (Å²) in [7, 11) is 0. The van der Waals surface area contributed by atoms with Gasteiger partial charge in [0.15, 0.2) is 5.79 Å². The Hall–Kier alpha value is -0.160. The predicted molar refractivity (Wildman–Crippen MR) is 61.4 cm³/mol. The Morgan fingerprint density at radius 3 is 2.31 bits per heavy atom. The summed E-state index contributed by atoms with van der Waals surface area (Å²) in [5.41, 5.74) is 0. The summed E-state index contributed by atoms with van der Waals surface area (Å²) in [4.78, 5) is 2.41. The molecule has 4 heteroatoms. The minimum absolute atomic E-state index is 0.201. The van der Waals surface area contributed by atoms with Crippen molar-refractivity contribution in [2.75, 3.05) is 26.2 Å². The highest BCUT2D eigenvalue weighted by atomic mass is 16.7. The van der Waals surface area contributed by atoms with Crippen LogP contribution in [0.4, 0.5) is 0 Å².